The molecule has 8 heteroatoms. The summed E-state index contributed by atoms with van der Waals surface area (Å²) >= 11 is 1.62. The third-order valence-electron chi connectivity index (χ3n) is 5.74. The van der Waals surface area contributed by atoms with E-state index in [2.05, 4.69) is 16.1 Å². The van der Waals surface area contributed by atoms with Crippen molar-refractivity contribution in [3.8, 4) is 0 Å². The molecule has 0 bridgehead atoms. The Morgan fingerprint density at radius 3 is 2.70 bits per heavy atom. The van der Waals surface area contributed by atoms with Gasteiger partial charge in [0.15, 0.2) is 0 Å². The van der Waals surface area contributed by atoms with Gasteiger partial charge < -0.3 is 10.2 Å². The Morgan fingerprint density at radius 2 is 1.93 bits per heavy atom. The number of hydrogen-bond acceptors (Lipinski definition) is 5. The van der Waals surface area contributed by atoms with Crippen LogP contribution in [-0.2, 0) is 22.9 Å². The third kappa shape index (κ3) is 2.86. The summed E-state index contributed by atoms with van der Waals surface area (Å²) in [4.78, 5) is 17.2. The summed E-state index contributed by atoms with van der Waals surface area (Å²) < 4.78 is 28.1. The fourth-order valence-electron chi connectivity index (χ4n) is 4.31. The van der Waals surface area contributed by atoms with E-state index in [4.69, 9.17) is 0 Å². The van der Waals surface area contributed by atoms with Crippen LogP contribution in [0.3, 0.4) is 0 Å². The largest absolute Gasteiger partial charge is 0.365 e. The van der Waals surface area contributed by atoms with Gasteiger partial charge in [0.1, 0.15) is 10.6 Å². The van der Waals surface area contributed by atoms with Crippen molar-refractivity contribution >= 4 is 33.0 Å². The monoisotopic (exact) mass is 403 g/mol. The minimum absolute atomic E-state index is 0.0725. The van der Waals surface area contributed by atoms with Crippen LogP contribution in [0.15, 0.2) is 35.2 Å². The van der Waals surface area contributed by atoms with Crippen LogP contribution >= 0.6 is 11.3 Å². The van der Waals surface area contributed by atoms with Crippen LogP contribution in [0.4, 0.5) is 5.69 Å². The first kappa shape index (κ1) is 17.2. The second-order valence-electron chi connectivity index (χ2n) is 7.51. The van der Waals surface area contributed by atoms with Gasteiger partial charge in [-0.05, 0) is 43.0 Å². The van der Waals surface area contributed by atoms with E-state index in [9.17, 15) is 13.2 Å². The number of hydrogen-bond donors (Lipinski definition) is 2. The standard InChI is InChI=1S/C19H21N3O3S2/c23-18(16-12-13-4-3-6-15(13)26-16)22-10-8-19(9-11-22)20-14-5-1-2-7-17(14)27(24,25)21-19/h1-2,5,7,12,20-21H,3-4,6,8-11H2. The van der Waals surface area contributed by atoms with Crippen molar-refractivity contribution in [1.82, 2.24) is 9.62 Å². The molecule has 6 nitrogen and oxygen atoms in total. The highest BCUT2D eigenvalue weighted by Crippen LogP contribution is 2.36. The first-order valence-electron chi connectivity index (χ1n) is 9.28. The molecule has 1 amide bonds. The number of para-hydroxylation sites is 1. The predicted molar refractivity (Wildman–Crippen MR) is 105 cm³/mol. The maximum Gasteiger partial charge on any atom is 0.263 e. The lowest BCUT2D eigenvalue weighted by Crippen LogP contribution is -2.62. The first-order chi connectivity index (χ1) is 13.0. The number of benzene rings is 1. The van der Waals surface area contributed by atoms with Crippen LogP contribution in [0.5, 0.6) is 0 Å². The van der Waals surface area contributed by atoms with E-state index in [-0.39, 0.29) is 10.8 Å². The molecule has 1 saturated heterocycles. The minimum Gasteiger partial charge on any atom is -0.365 e. The Balaban J connectivity index is 1.33. The molecular formula is C19H21N3O3S2. The van der Waals surface area contributed by atoms with Crippen molar-refractivity contribution < 1.29 is 13.2 Å². The summed E-state index contributed by atoms with van der Waals surface area (Å²) in [6.45, 7) is 1.05. The number of sulfonamides is 1. The molecule has 1 aliphatic carbocycles. The van der Waals surface area contributed by atoms with E-state index >= 15 is 0 Å². The Bertz CT molecular complexity index is 999. The van der Waals surface area contributed by atoms with Gasteiger partial charge in [-0.2, -0.15) is 4.72 Å². The van der Waals surface area contributed by atoms with E-state index in [0.717, 1.165) is 17.7 Å². The molecule has 1 spiro atoms. The van der Waals surface area contributed by atoms with Gasteiger partial charge in [0.25, 0.3) is 5.91 Å². The van der Waals surface area contributed by atoms with Gasteiger partial charge in [-0.3, -0.25) is 4.79 Å². The third-order valence-corrected chi connectivity index (χ3v) is 8.56. The highest BCUT2D eigenvalue weighted by atomic mass is 32.2. The average Bonchev–Trinajstić information content (AvgIpc) is 3.23. The number of thiophene rings is 1. The number of nitrogens with one attached hydrogen (secondary N) is 2. The lowest BCUT2D eigenvalue weighted by molar-refractivity contribution is 0.0680. The molecule has 2 N–H and O–H groups in total. The molecule has 0 saturated carbocycles. The lowest BCUT2D eigenvalue weighted by Gasteiger charge is -2.45. The zero-order valence-corrected chi connectivity index (χ0v) is 16.5. The number of nitrogens with zero attached hydrogens (tertiary/aromatic N) is 1. The van der Waals surface area contributed by atoms with Crippen LogP contribution in [0, 0.1) is 0 Å². The highest BCUT2D eigenvalue weighted by molar-refractivity contribution is 7.89. The quantitative estimate of drug-likeness (QED) is 0.767. The van der Waals surface area contributed by atoms with E-state index in [1.165, 1.54) is 16.9 Å². The summed E-state index contributed by atoms with van der Waals surface area (Å²) in [5, 5.41) is 3.37. The van der Waals surface area contributed by atoms with Crippen molar-refractivity contribution in [3.05, 3.63) is 45.6 Å². The van der Waals surface area contributed by atoms with Crippen LogP contribution in [0.25, 0.3) is 0 Å². The molecular weight excluding hydrogens is 382 g/mol. The van der Waals surface area contributed by atoms with E-state index in [1.54, 1.807) is 29.5 Å². The maximum absolute atomic E-state index is 12.9. The van der Waals surface area contributed by atoms with Gasteiger partial charge in [-0.25, -0.2) is 8.42 Å². The van der Waals surface area contributed by atoms with Gasteiger partial charge >= 0.3 is 0 Å². The number of fused-ring (bicyclic) bond motifs is 2. The number of likely N-dealkylation sites (tertiary alicyclic amines) is 1. The fourth-order valence-corrected chi connectivity index (χ4v) is 7.08. The van der Waals surface area contributed by atoms with E-state index in [1.807, 2.05) is 11.0 Å². The van der Waals surface area contributed by atoms with Gasteiger partial charge in [-0.1, -0.05) is 12.1 Å². The zero-order chi connectivity index (χ0) is 18.6. The van der Waals surface area contributed by atoms with Crippen molar-refractivity contribution in [2.24, 2.45) is 0 Å². The normalized spacial score (nSPS) is 22.1. The maximum atomic E-state index is 12.9. The first-order valence-corrected chi connectivity index (χ1v) is 11.6. The van der Waals surface area contributed by atoms with E-state index in [0.29, 0.717) is 31.6 Å². The summed E-state index contributed by atoms with van der Waals surface area (Å²) in [5.74, 6) is 0.0725. The predicted octanol–water partition coefficient (Wildman–Crippen LogP) is 2.57. The molecule has 5 rings (SSSR count). The number of carbonyl (C=O) groups is 1. The molecule has 142 valence electrons. The van der Waals surface area contributed by atoms with Gasteiger partial charge in [-0.15, -0.1) is 11.3 Å². The number of amides is 1. The number of rotatable bonds is 1. The van der Waals surface area contributed by atoms with Crippen LogP contribution in [-0.4, -0.2) is 38.0 Å². The fraction of sp³-hybridized carbons (Fsp3) is 0.421. The average molecular weight is 404 g/mol. The Morgan fingerprint density at radius 1 is 1.15 bits per heavy atom. The molecule has 1 aromatic heterocycles. The topological polar surface area (TPSA) is 78.5 Å². The summed E-state index contributed by atoms with van der Waals surface area (Å²) in [6, 6.07) is 9.00. The molecule has 3 aliphatic rings. The number of anilines is 1. The Labute approximate surface area is 162 Å². The van der Waals surface area contributed by atoms with E-state index < -0.39 is 15.7 Å². The molecule has 0 radical (unpaired) electrons. The molecule has 3 heterocycles. The van der Waals surface area contributed by atoms with Crippen molar-refractivity contribution in [2.45, 2.75) is 42.7 Å². The highest BCUT2D eigenvalue weighted by Gasteiger charge is 2.43. The Hall–Kier alpha value is -1.90. The second-order valence-corrected chi connectivity index (χ2v) is 10.3. The van der Waals surface area contributed by atoms with Crippen molar-refractivity contribution in [2.75, 3.05) is 18.4 Å². The van der Waals surface area contributed by atoms with Crippen LogP contribution < -0.4 is 10.0 Å². The van der Waals surface area contributed by atoms with Gasteiger partial charge in [0.05, 0.1) is 10.6 Å². The smallest absolute Gasteiger partial charge is 0.263 e. The summed E-state index contributed by atoms with van der Waals surface area (Å²) in [5.41, 5.74) is 1.24. The second kappa shape index (κ2) is 6.05. The van der Waals surface area contributed by atoms with Crippen molar-refractivity contribution in [3.63, 3.8) is 0 Å². The zero-order valence-electron chi connectivity index (χ0n) is 14.8. The SMILES string of the molecule is O=C(c1cc2c(s1)CCC2)N1CCC2(CC1)Nc1ccccc1S(=O)(=O)N2. The van der Waals surface area contributed by atoms with Gasteiger partial charge in [0.2, 0.25) is 10.0 Å². The Kier molecular flexibility index (Phi) is 3.86. The molecule has 2 aromatic rings. The molecule has 27 heavy (non-hydrogen) atoms. The minimum atomic E-state index is -3.55. The van der Waals surface area contributed by atoms with Gasteiger partial charge in [0, 0.05) is 30.8 Å². The van der Waals surface area contributed by atoms with Crippen LogP contribution in [0.1, 0.15) is 39.4 Å². The lowest BCUT2D eigenvalue weighted by atomic mass is 9.97. The molecule has 1 aromatic carbocycles. The summed E-state index contributed by atoms with van der Waals surface area (Å²) in [6.07, 6.45) is 4.43. The number of aryl methyl sites for hydroxylation is 2. The molecule has 1 fully saturated rings. The number of carbonyl (C=O) groups excluding carboxylic acids is 1. The molecule has 0 unspecified atom stereocenters. The van der Waals surface area contributed by atoms with Crippen LogP contribution in [0.2, 0.25) is 0 Å². The molecule has 2 aliphatic heterocycles. The molecule has 0 atom stereocenters. The summed E-state index contributed by atoms with van der Waals surface area (Å²) in [7, 11) is -3.55. The van der Waals surface area contributed by atoms with Crippen molar-refractivity contribution in [1.29, 1.82) is 0 Å². The number of piperidine rings is 1.